The van der Waals surface area contributed by atoms with Crippen LogP contribution in [0.5, 0.6) is 0 Å². The van der Waals surface area contributed by atoms with Gasteiger partial charge in [0, 0.05) is 12.2 Å². The van der Waals surface area contributed by atoms with Crippen molar-refractivity contribution < 1.29 is 0 Å². The lowest BCUT2D eigenvalue weighted by Gasteiger charge is -2.21. The van der Waals surface area contributed by atoms with Gasteiger partial charge in [0.15, 0.2) is 0 Å². The quantitative estimate of drug-likeness (QED) is 0.734. The summed E-state index contributed by atoms with van der Waals surface area (Å²) in [7, 11) is 4.24. The third-order valence-electron chi connectivity index (χ3n) is 2.88. The highest BCUT2D eigenvalue weighted by Gasteiger charge is 2.04. The van der Waals surface area contributed by atoms with Crippen molar-refractivity contribution in [3.8, 4) is 0 Å². The smallest absolute Gasteiger partial charge is 0.0317 e. The molecule has 0 fully saturated rings. The number of nitrogens with two attached hydrogens (primary N) is 1. The van der Waals surface area contributed by atoms with Gasteiger partial charge < -0.3 is 10.6 Å². The molecule has 0 aliphatic heterocycles. The number of anilines is 1. The number of hydrogen-bond donors (Lipinski definition) is 1. The molecule has 0 amide bonds. The van der Waals surface area contributed by atoms with E-state index in [1.54, 1.807) is 0 Å². The summed E-state index contributed by atoms with van der Waals surface area (Å²) < 4.78 is 0. The minimum absolute atomic E-state index is 0.854. The molecule has 0 saturated heterocycles. The summed E-state index contributed by atoms with van der Waals surface area (Å²) in [6, 6.07) is 8.17. The molecule has 0 spiro atoms. The molecule has 2 N–H and O–H groups in total. The van der Waals surface area contributed by atoms with Crippen molar-refractivity contribution in [1.82, 2.24) is 9.80 Å². The molecule has 3 heteroatoms. The van der Waals surface area contributed by atoms with Gasteiger partial charge in [0.05, 0.1) is 0 Å². The summed E-state index contributed by atoms with van der Waals surface area (Å²) in [4.78, 5) is 4.69. The van der Waals surface area contributed by atoms with Crippen molar-refractivity contribution in [2.24, 2.45) is 0 Å². The second kappa shape index (κ2) is 7.30. The molecule has 0 bridgehead atoms. The summed E-state index contributed by atoms with van der Waals surface area (Å²) in [5.41, 5.74) is 7.95. The third-order valence-corrected chi connectivity index (χ3v) is 2.88. The standard InChI is InChI=1S/C14H25N3/c1-4-17(10-6-9-16(2)3)12-13-7-5-8-14(15)11-13/h5,7-8,11H,4,6,9-10,12,15H2,1-3H3. The van der Waals surface area contributed by atoms with E-state index in [1.165, 1.54) is 12.0 Å². The molecule has 0 heterocycles. The molecule has 0 aliphatic rings. The molecule has 0 radical (unpaired) electrons. The van der Waals surface area contributed by atoms with Crippen molar-refractivity contribution in [2.75, 3.05) is 39.5 Å². The largest absolute Gasteiger partial charge is 0.399 e. The molecule has 1 aromatic rings. The first-order valence-electron chi connectivity index (χ1n) is 6.33. The molecule has 17 heavy (non-hydrogen) atoms. The molecular weight excluding hydrogens is 210 g/mol. The van der Waals surface area contributed by atoms with E-state index < -0.39 is 0 Å². The summed E-state index contributed by atoms with van der Waals surface area (Å²) >= 11 is 0. The summed E-state index contributed by atoms with van der Waals surface area (Å²) in [5, 5.41) is 0. The molecule has 3 nitrogen and oxygen atoms in total. The van der Waals surface area contributed by atoms with Gasteiger partial charge in [-0.05, 0) is 57.8 Å². The van der Waals surface area contributed by atoms with Crippen LogP contribution < -0.4 is 5.73 Å². The van der Waals surface area contributed by atoms with Crippen LogP contribution >= 0.6 is 0 Å². The number of benzene rings is 1. The number of nitrogens with zero attached hydrogens (tertiary/aromatic N) is 2. The first-order chi connectivity index (χ1) is 8.11. The van der Waals surface area contributed by atoms with Crippen LogP contribution in [0.1, 0.15) is 18.9 Å². The first kappa shape index (κ1) is 14.0. The Morgan fingerprint density at radius 1 is 1.18 bits per heavy atom. The first-order valence-corrected chi connectivity index (χ1v) is 6.33. The summed E-state index contributed by atoms with van der Waals surface area (Å²) in [5.74, 6) is 0. The Kier molecular flexibility index (Phi) is 6.01. The third kappa shape index (κ3) is 5.71. The molecule has 1 rings (SSSR count). The Morgan fingerprint density at radius 2 is 1.94 bits per heavy atom. The summed E-state index contributed by atoms with van der Waals surface area (Å²) in [6.07, 6.45) is 1.21. The zero-order valence-corrected chi connectivity index (χ0v) is 11.3. The van der Waals surface area contributed by atoms with E-state index in [-0.39, 0.29) is 0 Å². The number of nitrogen functional groups attached to an aromatic ring is 1. The predicted octanol–water partition coefficient (Wildman–Crippen LogP) is 2.04. The van der Waals surface area contributed by atoms with Gasteiger partial charge >= 0.3 is 0 Å². The topological polar surface area (TPSA) is 32.5 Å². The molecule has 0 atom stereocenters. The fourth-order valence-corrected chi connectivity index (χ4v) is 1.91. The van der Waals surface area contributed by atoms with Crippen molar-refractivity contribution in [2.45, 2.75) is 19.9 Å². The van der Waals surface area contributed by atoms with Crippen LogP contribution in [0.4, 0.5) is 5.69 Å². The molecule has 0 saturated carbocycles. The number of rotatable bonds is 7. The minimum Gasteiger partial charge on any atom is -0.399 e. The second-order valence-electron chi connectivity index (χ2n) is 4.77. The zero-order valence-electron chi connectivity index (χ0n) is 11.3. The maximum atomic E-state index is 5.79. The van der Waals surface area contributed by atoms with Gasteiger partial charge in [0.1, 0.15) is 0 Å². The molecule has 0 unspecified atom stereocenters. The van der Waals surface area contributed by atoms with Crippen molar-refractivity contribution in [3.05, 3.63) is 29.8 Å². The lowest BCUT2D eigenvalue weighted by Crippen LogP contribution is -2.26. The van der Waals surface area contributed by atoms with Crippen LogP contribution in [0, 0.1) is 0 Å². The maximum Gasteiger partial charge on any atom is 0.0317 e. The van der Waals surface area contributed by atoms with E-state index >= 15 is 0 Å². The van der Waals surface area contributed by atoms with E-state index in [4.69, 9.17) is 5.73 Å². The van der Waals surface area contributed by atoms with Crippen LogP contribution in [-0.2, 0) is 6.54 Å². The second-order valence-corrected chi connectivity index (χ2v) is 4.77. The van der Waals surface area contributed by atoms with Crippen LogP contribution in [0.3, 0.4) is 0 Å². The molecule has 0 aliphatic carbocycles. The Hall–Kier alpha value is -1.06. The Balaban J connectivity index is 2.41. The lowest BCUT2D eigenvalue weighted by molar-refractivity contribution is 0.259. The van der Waals surface area contributed by atoms with Gasteiger partial charge in [-0.2, -0.15) is 0 Å². The van der Waals surface area contributed by atoms with Gasteiger partial charge in [-0.25, -0.2) is 0 Å². The lowest BCUT2D eigenvalue weighted by atomic mass is 10.2. The average molecular weight is 235 g/mol. The monoisotopic (exact) mass is 235 g/mol. The van der Waals surface area contributed by atoms with Crippen LogP contribution in [0.25, 0.3) is 0 Å². The fraction of sp³-hybridized carbons (Fsp3) is 0.571. The highest BCUT2D eigenvalue weighted by atomic mass is 15.1. The van der Waals surface area contributed by atoms with Gasteiger partial charge in [0.2, 0.25) is 0 Å². The Labute approximate surface area is 105 Å². The highest BCUT2D eigenvalue weighted by molar-refractivity contribution is 5.40. The van der Waals surface area contributed by atoms with Gasteiger partial charge in [0.25, 0.3) is 0 Å². The van der Waals surface area contributed by atoms with Gasteiger partial charge in [-0.1, -0.05) is 19.1 Å². The highest BCUT2D eigenvalue weighted by Crippen LogP contribution is 2.09. The Morgan fingerprint density at radius 3 is 2.53 bits per heavy atom. The zero-order chi connectivity index (χ0) is 12.7. The summed E-state index contributed by atoms with van der Waals surface area (Å²) in [6.45, 7) is 6.58. The minimum atomic E-state index is 0.854. The SMILES string of the molecule is CCN(CCCN(C)C)Cc1cccc(N)c1. The fourth-order valence-electron chi connectivity index (χ4n) is 1.91. The molecular formula is C14H25N3. The van der Waals surface area contributed by atoms with Gasteiger partial charge in [-0.15, -0.1) is 0 Å². The molecule has 96 valence electrons. The molecule has 1 aromatic carbocycles. The van der Waals surface area contributed by atoms with Crippen LogP contribution in [0.2, 0.25) is 0 Å². The van der Waals surface area contributed by atoms with Crippen molar-refractivity contribution in [3.63, 3.8) is 0 Å². The normalized spacial score (nSPS) is 11.4. The Bertz CT molecular complexity index is 323. The number of hydrogen-bond acceptors (Lipinski definition) is 3. The average Bonchev–Trinajstić information content (AvgIpc) is 2.27. The molecule has 0 aromatic heterocycles. The van der Waals surface area contributed by atoms with E-state index in [0.717, 1.165) is 31.9 Å². The van der Waals surface area contributed by atoms with E-state index in [9.17, 15) is 0 Å². The van der Waals surface area contributed by atoms with E-state index in [1.807, 2.05) is 12.1 Å². The van der Waals surface area contributed by atoms with Gasteiger partial charge in [-0.3, -0.25) is 4.90 Å². The van der Waals surface area contributed by atoms with Crippen molar-refractivity contribution in [1.29, 1.82) is 0 Å². The maximum absolute atomic E-state index is 5.79. The van der Waals surface area contributed by atoms with E-state index in [2.05, 4.69) is 43.0 Å². The van der Waals surface area contributed by atoms with Crippen LogP contribution in [0.15, 0.2) is 24.3 Å². The van der Waals surface area contributed by atoms with E-state index in [0.29, 0.717) is 0 Å². The van der Waals surface area contributed by atoms with Crippen molar-refractivity contribution >= 4 is 5.69 Å². The predicted molar refractivity (Wildman–Crippen MR) is 75.0 cm³/mol. The van der Waals surface area contributed by atoms with Crippen LogP contribution in [-0.4, -0.2) is 43.5 Å².